The number of halogens is 2. The van der Waals surface area contributed by atoms with E-state index in [9.17, 15) is 0 Å². The summed E-state index contributed by atoms with van der Waals surface area (Å²) in [6.45, 7) is 19.7. The molecule has 0 saturated carbocycles. The zero-order chi connectivity index (χ0) is 20.7. The van der Waals surface area contributed by atoms with Crippen LogP contribution in [-0.2, 0) is 0 Å². The number of aromatic nitrogens is 1. The van der Waals surface area contributed by atoms with E-state index in [1.54, 1.807) is 11.3 Å². The first kappa shape index (κ1) is 27.1. The van der Waals surface area contributed by atoms with Gasteiger partial charge in [0.25, 0.3) is 0 Å². The number of pyridine rings is 1. The van der Waals surface area contributed by atoms with Crippen LogP contribution < -0.4 is 0 Å². The van der Waals surface area contributed by atoms with Crippen molar-refractivity contribution >= 4 is 39.6 Å². The zero-order valence-electron chi connectivity index (χ0n) is 17.4. The number of rotatable bonds is 3. The third-order valence-electron chi connectivity index (χ3n) is 3.02. The molecule has 4 heteroatoms. The topological polar surface area (TPSA) is 12.9 Å². The van der Waals surface area contributed by atoms with E-state index in [4.69, 9.17) is 23.2 Å². The highest BCUT2D eigenvalue weighted by molar-refractivity contribution is 7.19. The Balaban J connectivity index is 0. The summed E-state index contributed by atoms with van der Waals surface area (Å²) in [6, 6.07) is 5.97. The third-order valence-corrected chi connectivity index (χ3v) is 4.70. The minimum Gasteiger partial charge on any atom is -0.254 e. The van der Waals surface area contributed by atoms with Gasteiger partial charge in [-0.15, -0.1) is 17.9 Å². The van der Waals surface area contributed by atoms with Crippen molar-refractivity contribution in [2.24, 2.45) is 0 Å². The van der Waals surface area contributed by atoms with Crippen molar-refractivity contribution in [2.75, 3.05) is 0 Å². The number of aryl methyl sites for hydroxylation is 1. The molecule has 2 aromatic heterocycles. The zero-order valence-corrected chi connectivity index (χ0v) is 19.7. The van der Waals surface area contributed by atoms with Crippen molar-refractivity contribution < 1.29 is 0 Å². The van der Waals surface area contributed by atoms with Crippen molar-refractivity contribution in [3.8, 4) is 10.4 Å². The normalized spacial score (nSPS) is 9.69. The highest BCUT2D eigenvalue weighted by atomic mass is 35.5. The van der Waals surface area contributed by atoms with E-state index in [-0.39, 0.29) is 0 Å². The summed E-state index contributed by atoms with van der Waals surface area (Å²) >= 11 is 13.5. The Bertz CT molecular complexity index is 673. The number of hydrogen-bond acceptors (Lipinski definition) is 2. The molecule has 0 atom stereocenters. The summed E-state index contributed by atoms with van der Waals surface area (Å²) in [5, 5.41) is 0.679. The van der Waals surface area contributed by atoms with Crippen LogP contribution in [0, 0.1) is 6.92 Å². The Morgan fingerprint density at radius 3 is 2.12 bits per heavy atom. The molecule has 0 saturated heterocycles. The van der Waals surface area contributed by atoms with E-state index in [1.165, 1.54) is 5.57 Å². The molecule has 146 valence electrons. The third kappa shape index (κ3) is 10.2. The Hall–Kier alpha value is -1.09. The number of thiophene rings is 1. The largest absolute Gasteiger partial charge is 0.254 e. The van der Waals surface area contributed by atoms with E-state index in [1.807, 2.05) is 72.9 Å². The quantitative estimate of drug-likeness (QED) is 0.456. The smallest absolute Gasteiger partial charge is 0.0934 e. The van der Waals surface area contributed by atoms with Crippen molar-refractivity contribution in [1.82, 2.24) is 4.98 Å². The molecule has 2 heterocycles. The standard InChI is InChI=1S/C13H11Cl2NS.C5H10.2C2H6/c1-3-10(14)13-8(2)6-9(7-16-13)11-4-5-12(15)17-11;1-4-5(2)3;2*1-2/h3-7H,1-2H3;2,4H2,1,3H3;2*1-2H3/b10-3+;;;. The molecule has 2 rings (SSSR count). The molecule has 0 aliphatic rings. The van der Waals surface area contributed by atoms with Crippen LogP contribution >= 0.6 is 34.5 Å². The second-order valence-corrected chi connectivity index (χ2v) is 7.06. The molecule has 0 spiro atoms. The van der Waals surface area contributed by atoms with Gasteiger partial charge in [0.1, 0.15) is 0 Å². The van der Waals surface area contributed by atoms with Gasteiger partial charge in [-0.1, -0.05) is 69.5 Å². The van der Waals surface area contributed by atoms with Crippen molar-refractivity contribution in [1.29, 1.82) is 0 Å². The minimum absolute atomic E-state index is 0.679. The van der Waals surface area contributed by atoms with Crippen LogP contribution in [0.15, 0.2) is 42.6 Å². The Morgan fingerprint density at radius 2 is 1.77 bits per heavy atom. The lowest BCUT2D eigenvalue weighted by Crippen LogP contribution is -1.90. The van der Waals surface area contributed by atoms with Gasteiger partial charge < -0.3 is 0 Å². The maximum absolute atomic E-state index is 6.08. The summed E-state index contributed by atoms with van der Waals surface area (Å²) in [6.07, 6.45) is 4.79. The summed E-state index contributed by atoms with van der Waals surface area (Å²) in [4.78, 5) is 5.52. The summed E-state index contributed by atoms with van der Waals surface area (Å²) in [5.41, 5.74) is 4.23. The Kier molecular flexibility index (Phi) is 16.8. The lowest BCUT2D eigenvalue weighted by molar-refractivity contribution is 1.11. The van der Waals surface area contributed by atoms with Gasteiger partial charge in [0, 0.05) is 16.6 Å². The molecule has 0 aliphatic heterocycles. The van der Waals surface area contributed by atoms with Crippen LogP contribution in [0.5, 0.6) is 0 Å². The van der Waals surface area contributed by atoms with Crippen LogP contribution in [0.4, 0.5) is 0 Å². The second-order valence-electron chi connectivity index (χ2n) is 4.94. The molecule has 0 aromatic carbocycles. The second kappa shape index (κ2) is 16.1. The summed E-state index contributed by atoms with van der Waals surface area (Å²) in [5.74, 6) is 0. The molecule has 0 aliphatic carbocycles. The first-order valence-corrected chi connectivity index (χ1v) is 10.6. The van der Waals surface area contributed by atoms with E-state index in [0.29, 0.717) is 5.03 Å². The Labute approximate surface area is 174 Å². The van der Waals surface area contributed by atoms with Crippen molar-refractivity contribution in [3.05, 3.63) is 58.2 Å². The van der Waals surface area contributed by atoms with Gasteiger partial charge >= 0.3 is 0 Å². The van der Waals surface area contributed by atoms with Crippen LogP contribution in [0.1, 0.15) is 66.1 Å². The van der Waals surface area contributed by atoms with Crippen LogP contribution in [0.3, 0.4) is 0 Å². The first-order chi connectivity index (χ1) is 12.4. The van der Waals surface area contributed by atoms with Crippen LogP contribution in [0.25, 0.3) is 15.5 Å². The van der Waals surface area contributed by atoms with E-state index in [2.05, 4.69) is 24.6 Å². The fourth-order valence-corrected chi connectivity index (χ4v) is 2.79. The molecule has 0 fully saturated rings. The van der Waals surface area contributed by atoms with Gasteiger partial charge in [-0.3, -0.25) is 4.98 Å². The predicted octanol–water partition coefficient (Wildman–Crippen LogP) is 9.40. The van der Waals surface area contributed by atoms with E-state index < -0.39 is 0 Å². The number of allylic oxidation sites excluding steroid dienone is 2. The molecule has 0 amide bonds. The molecule has 0 radical (unpaired) electrons. The number of nitrogens with zero attached hydrogens (tertiary/aromatic N) is 1. The average Bonchev–Trinajstić information content (AvgIpc) is 3.11. The lowest BCUT2D eigenvalue weighted by Gasteiger charge is -2.05. The maximum atomic E-state index is 6.08. The SMILES string of the molecule is C/C=C(/Cl)c1ncc(-c2ccc(Cl)s2)cc1C.C=C(C)CC.CC.CC. The first-order valence-electron chi connectivity index (χ1n) is 9.07. The predicted molar refractivity (Wildman–Crippen MR) is 125 cm³/mol. The highest BCUT2D eigenvalue weighted by Gasteiger charge is 2.07. The fraction of sp³-hybridized carbons (Fsp3) is 0.409. The molecule has 0 N–H and O–H groups in total. The van der Waals surface area contributed by atoms with E-state index >= 15 is 0 Å². The molecule has 26 heavy (non-hydrogen) atoms. The van der Waals surface area contributed by atoms with Gasteiger partial charge in [-0.05, 0) is 51.0 Å². The Morgan fingerprint density at radius 1 is 1.23 bits per heavy atom. The molecule has 2 aromatic rings. The summed E-state index contributed by atoms with van der Waals surface area (Å²) in [7, 11) is 0. The van der Waals surface area contributed by atoms with Gasteiger partial charge in [0.05, 0.1) is 15.1 Å². The van der Waals surface area contributed by atoms with Gasteiger partial charge in [0.2, 0.25) is 0 Å². The lowest BCUT2D eigenvalue weighted by atomic mass is 10.1. The van der Waals surface area contributed by atoms with Gasteiger partial charge in [-0.2, -0.15) is 0 Å². The molecule has 1 nitrogen and oxygen atoms in total. The highest BCUT2D eigenvalue weighted by Crippen LogP contribution is 2.32. The van der Waals surface area contributed by atoms with Crippen LogP contribution in [-0.4, -0.2) is 4.98 Å². The maximum Gasteiger partial charge on any atom is 0.0934 e. The number of hydrogen-bond donors (Lipinski definition) is 0. The minimum atomic E-state index is 0.679. The van der Waals surface area contributed by atoms with E-state index in [0.717, 1.165) is 32.5 Å². The van der Waals surface area contributed by atoms with Crippen LogP contribution in [0.2, 0.25) is 4.34 Å². The molecular weight excluding hydrogens is 381 g/mol. The molecule has 0 bridgehead atoms. The van der Waals surface area contributed by atoms with Crippen molar-refractivity contribution in [3.63, 3.8) is 0 Å². The summed E-state index contributed by atoms with van der Waals surface area (Å²) < 4.78 is 0.785. The molecular formula is C22H33Cl2NS. The molecule has 0 unspecified atom stereocenters. The average molecular weight is 414 g/mol. The van der Waals surface area contributed by atoms with Gasteiger partial charge in [-0.25, -0.2) is 0 Å². The monoisotopic (exact) mass is 413 g/mol. The fourth-order valence-electron chi connectivity index (χ4n) is 1.57. The van der Waals surface area contributed by atoms with Crippen molar-refractivity contribution in [2.45, 2.75) is 61.8 Å². The van der Waals surface area contributed by atoms with Gasteiger partial charge in [0.15, 0.2) is 0 Å².